The highest BCUT2D eigenvalue weighted by Crippen LogP contribution is 2.45. The Hall–Kier alpha value is -8.60. The first-order valence-electron chi connectivity index (χ1n) is 21.8. The smallest absolute Gasteiger partial charge is 0.160 e. The van der Waals surface area contributed by atoms with Crippen molar-refractivity contribution in [2.24, 2.45) is 0 Å². The van der Waals surface area contributed by atoms with E-state index in [1.165, 1.54) is 65.6 Å². The Morgan fingerprint density at radius 2 is 0.859 bits per heavy atom. The number of benzene rings is 10. The van der Waals surface area contributed by atoms with Gasteiger partial charge in [0.1, 0.15) is 0 Å². The van der Waals surface area contributed by atoms with Crippen molar-refractivity contribution in [3.8, 4) is 56.3 Å². The lowest BCUT2D eigenvalue weighted by Crippen LogP contribution is -1.98. The quantitative estimate of drug-likeness (QED) is 0.168. The van der Waals surface area contributed by atoms with Crippen LogP contribution in [-0.4, -0.2) is 19.1 Å². The van der Waals surface area contributed by atoms with Gasteiger partial charge < -0.3 is 9.13 Å². The van der Waals surface area contributed by atoms with Gasteiger partial charge in [0.05, 0.1) is 33.3 Å². The molecule has 298 valence electrons. The summed E-state index contributed by atoms with van der Waals surface area (Å²) in [5.74, 6) is 0.697. The average molecular weight is 815 g/mol. The van der Waals surface area contributed by atoms with Crippen molar-refractivity contribution in [2.75, 3.05) is 0 Å². The Labute approximate surface area is 369 Å². The van der Waals surface area contributed by atoms with Crippen LogP contribution in [0.25, 0.3) is 122 Å². The van der Waals surface area contributed by atoms with Gasteiger partial charge in [-0.2, -0.15) is 0 Å². The van der Waals surface area contributed by atoms with Crippen LogP contribution in [-0.2, 0) is 0 Å². The Bertz CT molecular complexity index is 3880. The topological polar surface area (TPSA) is 35.6 Å². The highest BCUT2D eigenvalue weighted by atomic mass is 15.0. The Morgan fingerprint density at radius 3 is 1.59 bits per heavy atom. The molecule has 0 bridgehead atoms. The van der Waals surface area contributed by atoms with Gasteiger partial charge in [0.25, 0.3) is 0 Å². The number of nitrogens with zero attached hydrogens (tertiary/aromatic N) is 4. The van der Waals surface area contributed by atoms with Gasteiger partial charge in [0.15, 0.2) is 5.82 Å². The molecule has 0 unspecified atom stereocenters. The molecule has 0 radical (unpaired) electrons. The van der Waals surface area contributed by atoms with Crippen LogP contribution in [0, 0.1) is 0 Å². The monoisotopic (exact) mass is 814 g/mol. The third kappa shape index (κ3) is 5.70. The molecule has 4 heteroatoms. The van der Waals surface area contributed by atoms with Crippen LogP contribution in [0.5, 0.6) is 0 Å². The maximum absolute atomic E-state index is 5.27. The standard InChI is InChI=1S/C60H38N4/c1-4-17-39(18-5-1)44-35-45(40-19-6-2-7-20-40)38-47(37-44)63-53-30-15-13-28-50(53)56-54(63)33-34-55-57(56)51-32-31-41-21-10-11-26-48(41)59(51)64(55)46-25-16-24-43(36-46)60-61-52-29-14-12-27-49(52)58(62-60)42-22-8-3-9-23-42/h1-38H. The van der Waals surface area contributed by atoms with Crippen LogP contribution in [0.2, 0.25) is 0 Å². The van der Waals surface area contributed by atoms with Crippen molar-refractivity contribution in [1.29, 1.82) is 0 Å². The predicted octanol–water partition coefficient (Wildman–Crippen LogP) is 15.6. The van der Waals surface area contributed by atoms with Gasteiger partial charge in [-0.1, -0.05) is 176 Å². The van der Waals surface area contributed by atoms with E-state index in [-0.39, 0.29) is 0 Å². The first kappa shape index (κ1) is 36.1. The van der Waals surface area contributed by atoms with Crippen LogP contribution >= 0.6 is 0 Å². The number of aromatic nitrogens is 4. The summed E-state index contributed by atoms with van der Waals surface area (Å²) in [6, 6.07) is 82.8. The molecule has 0 N–H and O–H groups in total. The molecule has 0 aliphatic carbocycles. The molecule has 4 nitrogen and oxygen atoms in total. The first-order valence-corrected chi connectivity index (χ1v) is 21.8. The summed E-state index contributed by atoms with van der Waals surface area (Å²) in [6.07, 6.45) is 0. The third-order valence-electron chi connectivity index (χ3n) is 12.9. The molecule has 13 rings (SSSR count). The fraction of sp³-hybridized carbons (Fsp3) is 0. The van der Waals surface area contributed by atoms with E-state index in [0.717, 1.165) is 50.1 Å². The van der Waals surface area contributed by atoms with Crippen molar-refractivity contribution in [1.82, 2.24) is 19.1 Å². The van der Waals surface area contributed by atoms with E-state index in [1.54, 1.807) is 0 Å². The lowest BCUT2D eigenvalue weighted by molar-refractivity contribution is 1.17. The molecule has 0 spiro atoms. The average Bonchev–Trinajstić information content (AvgIpc) is 3.90. The van der Waals surface area contributed by atoms with Crippen molar-refractivity contribution in [3.05, 3.63) is 231 Å². The maximum Gasteiger partial charge on any atom is 0.160 e. The minimum Gasteiger partial charge on any atom is -0.309 e. The lowest BCUT2D eigenvalue weighted by Gasteiger charge is -2.14. The minimum atomic E-state index is 0.697. The second-order valence-corrected chi connectivity index (χ2v) is 16.6. The van der Waals surface area contributed by atoms with Gasteiger partial charge in [-0.3, -0.25) is 0 Å². The predicted molar refractivity (Wildman–Crippen MR) is 267 cm³/mol. The zero-order valence-corrected chi connectivity index (χ0v) is 34.7. The minimum absolute atomic E-state index is 0.697. The molecular formula is C60H38N4. The van der Waals surface area contributed by atoms with E-state index in [9.17, 15) is 0 Å². The molecule has 0 saturated heterocycles. The summed E-state index contributed by atoms with van der Waals surface area (Å²) in [6.45, 7) is 0. The summed E-state index contributed by atoms with van der Waals surface area (Å²) in [7, 11) is 0. The Kier molecular flexibility index (Phi) is 8.18. The van der Waals surface area contributed by atoms with E-state index in [2.05, 4.69) is 228 Å². The summed E-state index contributed by atoms with van der Waals surface area (Å²) in [4.78, 5) is 10.4. The molecule has 0 saturated carbocycles. The number of para-hydroxylation sites is 2. The van der Waals surface area contributed by atoms with Gasteiger partial charge in [-0.05, 0) is 82.2 Å². The van der Waals surface area contributed by atoms with Gasteiger partial charge in [0, 0.05) is 54.8 Å². The molecule has 0 aliphatic rings. The van der Waals surface area contributed by atoms with E-state index >= 15 is 0 Å². The number of hydrogen-bond donors (Lipinski definition) is 0. The molecular weight excluding hydrogens is 777 g/mol. The van der Waals surface area contributed by atoms with Gasteiger partial charge in [0.2, 0.25) is 0 Å². The fourth-order valence-corrected chi connectivity index (χ4v) is 10.0. The molecule has 0 aliphatic heterocycles. The fourth-order valence-electron chi connectivity index (χ4n) is 10.0. The third-order valence-corrected chi connectivity index (χ3v) is 12.9. The highest BCUT2D eigenvalue weighted by Gasteiger charge is 2.23. The Morgan fingerprint density at radius 1 is 0.297 bits per heavy atom. The second kappa shape index (κ2) is 14.5. The molecule has 0 fully saturated rings. The number of rotatable bonds is 6. The van der Waals surface area contributed by atoms with Crippen molar-refractivity contribution in [3.63, 3.8) is 0 Å². The molecule has 10 aromatic carbocycles. The van der Waals surface area contributed by atoms with Gasteiger partial charge in [-0.15, -0.1) is 0 Å². The van der Waals surface area contributed by atoms with Crippen LogP contribution in [0.15, 0.2) is 231 Å². The normalized spacial score (nSPS) is 11.8. The largest absolute Gasteiger partial charge is 0.309 e. The van der Waals surface area contributed by atoms with E-state index in [0.29, 0.717) is 5.82 Å². The molecule has 13 aromatic rings. The highest BCUT2D eigenvalue weighted by molar-refractivity contribution is 6.31. The van der Waals surface area contributed by atoms with Crippen molar-refractivity contribution in [2.45, 2.75) is 0 Å². The van der Waals surface area contributed by atoms with Crippen LogP contribution in [0.4, 0.5) is 0 Å². The van der Waals surface area contributed by atoms with Gasteiger partial charge >= 0.3 is 0 Å². The van der Waals surface area contributed by atoms with E-state index in [4.69, 9.17) is 9.97 Å². The first-order chi connectivity index (χ1) is 31.7. The second-order valence-electron chi connectivity index (χ2n) is 16.6. The van der Waals surface area contributed by atoms with E-state index < -0.39 is 0 Å². The van der Waals surface area contributed by atoms with Crippen LogP contribution < -0.4 is 0 Å². The molecule has 3 heterocycles. The number of fused-ring (bicyclic) bond motifs is 10. The maximum atomic E-state index is 5.27. The molecule has 0 amide bonds. The molecule has 0 atom stereocenters. The zero-order valence-electron chi connectivity index (χ0n) is 34.7. The van der Waals surface area contributed by atoms with Crippen molar-refractivity contribution < 1.29 is 0 Å². The summed E-state index contributed by atoms with van der Waals surface area (Å²) < 4.78 is 4.93. The van der Waals surface area contributed by atoms with Crippen LogP contribution in [0.1, 0.15) is 0 Å². The SMILES string of the molecule is c1ccc(-c2cc(-c3ccccc3)cc(-n3c4ccccc4c4c5c6ccc7ccccc7c6n(-c6cccc(-c7nc(-c8ccccc8)c8ccccc8n7)c6)c5ccc43)c2)cc1. The number of hydrogen-bond acceptors (Lipinski definition) is 2. The summed E-state index contributed by atoms with van der Waals surface area (Å²) in [5, 5.41) is 8.33. The Balaban J connectivity index is 1.09. The van der Waals surface area contributed by atoms with Gasteiger partial charge in [-0.25, -0.2) is 9.97 Å². The van der Waals surface area contributed by atoms with Crippen molar-refractivity contribution >= 4 is 65.3 Å². The molecule has 3 aromatic heterocycles. The lowest BCUT2D eigenvalue weighted by atomic mass is 9.98. The van der Waals surface area contributed by atoms with E-state index in [1.807, 2.05) is 12.1 Å². The summed E-state index contributed by atoms with van der Waals surface area (Å²) in [5.41, 5.74) is 15.4. The van der Waals surface area contributed by atoms with Crippen LogP contribution in [0.3, 0.4) is 0 Å². The summed E-state index contributed by atoms with van der Waals surface area (Å²) >= 11 is 0. The zero-order chi connectivity index (χ0) is 42.1. The molecule has 64 heavy (non-hydrogen) atoms.